The summed E-state index contributed by atoms with van der Waals surface area (Å²) in [5, 5.41) is 11.9. The molecule has 0 spiro atoms. The third kappa shape index (κ3) is 4.14. The molecular formula is C20H22N2O6S. The molecule has 1 aromatic rings. The fourth-order valence-electron chi connectivity index (χ4n) is 3.49. The molecular weight excluding hydrogens is 396 g/mol. The molecule has 8 nitrogen and oxygen atoms in total. The molecule has 29 heavy (non-hydrogen) atoms. The average Bonchev–Trinajstić information content (AvgIpc) is 2.70. The lowest BCUT2D eigenvalue weighted by Crippen LogP contribution is -2.71. The number of hydrogen-bond acceptors (Lipinski definition) is 6. The molecule has 0 aliphatic carbocycles. The molecule has 1 fully saturated rings. The monoisotopic (exact) mass is 418 g/mol. The van der Waals surface area contributed by atoms with Gasteiger partial charge in [-0.05, 0) is 12.0 Å². The number of thioether (sulfide) groups is 1. The van der Waals surface area contributed by atoms with Crippen molar-refractivity contribution >= 4 is 35.5 Å². The third-order valence-corrected chi connectivity index (χ3v) is 6.26. The molecule has 0 saturated carbocycles. The van der Waals surface area contributed by atoms with Gasteiger partial charge in [-0.1, -0.05) is 37.3 Å². The number of amides is 2. The van der Waals surface area contributed by atoms with Crippen LogP contribution in [0, 0.1) is 0 Å². The van der Waals surface area contributed by atoms with Crippen molar-refractivity contribution in [3.8, 4) is 0 Å². The van der Waals surface area contributed by atoms with Gasteiger partial charge in [0, 0.05) is 18.2 Å². The quantitative estimate of drug-likeness (QED) is 0.509. The zero-order valence-electron chi connectivity index (χ0n) is 16.1. The first-order valence-corrected chi connectivity index (χ1v) is 10.3. The number of rotatable bonds is 7. The molecule has 0 aromatic heterocycles. The number of benzene rings is 1. The summed E-state index contributed by atoms with van der Waals surface area (Å²) in [7, 11) is 0. The Balaban J connectivity index is 1.74. The van der Waals surface area contributed by atoms with Crippen molar-refractivity contribution in [2.75, 3.05) is 12.4 Å². The van der Waals surface area contributed by atoms with Gasteiger partial charge in [0.15, 0.2) is 0 Å². The smallest absolute Gasteiger partial charge is 0.352 e. The second-order valence-corrected chi connectivity index (χ2v) is 7.91. The first kappa shape index (κ1) is 20.9. The Morgan fingerprint density at radius 2 is 2.00 bits per heavy atom. The number of aliphatic carboxylic acids is 1. The average molecular weight is 418 g/mol. The zero-order valence-corrected chi connectivity index (χ0v) is 16.9. The van der Waals surface area contributed by atoms with Gasteiger partial charge >= 0.3 is 11.9 Å². The van der Waals surface area contributed by atoms with Gasteiger partial charge in [-0.25, -0.2) is 4.79 Å². The number of carboxylic acids is 1. The summed E-state index contributed by atoms with van der Waals surface area (Å²) < 4.78 is 4.91. The highest BCUT2D eigenvalue weighted by atomic mass is 32.2. The van der Waals surface area contributed by atoms with E-state index >= 15 is 0 Å². The predicted octanol–water partition coefficient (Wildman–Crippen LogP) is 1.48. The van der Waals surface area contributed by atoms with Crippen molar-refractivity contribution in [1.29, 1.82) is 0 Å². The van der Waals surface area contributed by atoms with Crippen LogP contribution in [0.15, 0.2) is 41.6 Å². The number of ether oxygens (including phenoxy) is 1. The second-order valence-electron chi connectivity index (χ2n) is 6.81. The van der Waals surface area contributed by atoms with Crippen LogP contribution in [0.1, 0.15) is 31.7 Å². The summed E-state index contributed by atoms with van der Waals surface area (Å²) in [6.45, 7) is 2.95. The van der Waals surface area contributed by atoms with Crippen LogP contribution in [0.3, 0.4) is 0 Å². The maximum Gasteiger partial charge on any atom is 0.352 e. The van der Waals surface area contributed by atoms with Gasteiger partial charge in [0.2, 0.25) is 5.91 Å². The Kier molecular flexibility index (Phi) is 6.26. The maximum atomic E-state index is 12.8. The molecule has 2 aliphatic rings. The lowest BCUT2D eigenvalue weighted by atomic mass is 9.94. The summed E-state index contributed by atoms with van der Waals surface area (Å²) in [5.74, 6) is -2.61. The van der Waals surface area contributed by atoms with E-state index in [0.717, 1.165) is 5.56 Å². The van der Waals surface area contributed by atoms with Crippen molar-refractivity contribution in [2.45, 2.75) is 37.6 Å². The second kappa shape index (κ2) is 8.69. The standard InChI is InChI=1S/C20H22N2O6S/c1-3-14(12-7-5-4-6-8-12)17(24)21-15-18(25)22-16(20(26)27)13(9-28-11(2)23)10-29-19(15)22/h4-8,14-15,19H,3,9-10H2,1-2H3,(H,21,24)(H,26,27)/t14-,15+,19+/m0/s1. The van der Waals surface area contributed by atoms with E-state index in [0.29, 0.717) is 17.7 Å². The molecule has 9 heteroatoms. The molecule has 2 N–H and O–H groups in total. The number of carbonyl (C=O) groups is 4. The Morgan fingerprint density at radius 3 is 2.59 bits per heavy atom. The molecule has 1 aromatic carbocycles. The van der Waals surface area contributed by atoms with Gasteiger partial charge in [0.1, 0.15) is 23.7 Å². The summed E-state index contributed by atoms with van der Waals surface area (Å²) >= 11 is 1.34. The Hall–Kier alpha value is -2.81. The first-order chi connectivity index (χ1) is 13.8. The Morgan fingerprint density at radius 1 is 1.31 bits per heavy atom. The van der Waals surface area contributed by atoms with E-state index in [2.05, 4.69) is 5.32 Å². The van der Waals surface area contributed by atoms with Crippen LogP contribution in [-0.4, -0.2) is 57.5 Å². The van der Waals surface area contributed by atoms with Crippen molar-refractivity contribution < 1.29 is 29.0 Å². The highest BCUT2D eigenvalue weighted by molar-refractivity contribution is 8.00. The Labute approximate surface area is 172 Å². The highest BCUT2D eigenvalue weighted by Crippen LogP contribution is 2.40. The van der Waals surface area contributed by atoms with Crippen LogP contribution in [-0.2, 0) is 23.9 Å². The number of esters is 1. The van der Waals surface area contributed by atoms with E-state index in [-0.39, 0.29) is 24.1 Å². The predicted molar refractivity (Wildman–Crippen MR) is 106 cm³/mol. The fraction of sp³-hybridized carbons (Fsp3) is 0.400. The minimum absolute atomic E-state index is 0.166. The summed E-state index contributed by atoms with van der Waals surface area (Å²) in [6.07, 6.45) is 0.574. The van der Waals surface area contributed by atoms with E-state index in [1.807, 2.05) is 37.3 Å². The third-order valence-electron chi connectivity index (χ3n) is 4.92. The van der Waals surface area contributed by atoms with Crippen LogP contribution >= 0.6 is 11.8 Å². The fourth-order valence-corrected chi connectivity index (χ4v) is 4.82. The van der Waals surface area contributed by atoms with Gasteiger partial charge in [0.25, 0.3) is 5.91 Å². The molecule has 2 amide bonds. The van der Waals surface area contributed by atoms with Gasteiger partial charge in [-0.15, -0.1) is 11.8 Å². The van der Waals surface area contributed by atoms with E-state index in [1.165, 1.54) is 23.6 Å². The molecule has 2 heterocycles. The van der Waals surface area contributed by atoms with Crippen LogP contribution in [0.25, 0.3) is 0 Å². The largest absolute Gasteiger partial charge is 0.477 e. The number of hydrogen-bond donors (Lipinski definition) is 2. The number of carboxylic acid groups (broad SMARTS) is 1. The van der Waals surface area contributed by atoms with E-state index in [1.54, 1.807) is 0 Å². The molecule has 3 atom stereocenters. The SMILES string of the molecule is CC[C@H](C(=O)N[C@@H]1C(=O)N2C(C(=O)O)=C(COC(C)=O)CS[C@H]12)c1ccccc1. The molecule has 0 bridgehead atoms. The Bertz CT molecular complexity index is 869. The van der Waals surface area contributed by atoms with E-state index in [9.17, 15) is 24.3 Å². The molecule has 0 radical (unpaired) electrons. The minimum atomic E-state index is -1.26. The molecule has 0 unspecified atom stereocenters. The summed E-state index contributed by atoms with van der Waals surface area (Å²) in [4.78, 5) is 49.4. The highest BCUT2D eigenvalue weighted by Gasteiger charge is 2.54. The summed E-state index contributed by atoms with van der Waals surface area (Å²) in [6, 6.07) is 8.53. The van der Waals surface area contributed by atoms with Crippen molar-refractivity contribution in [1.82, 2.24) is 10.2 Å². The lowest BCUT2D eigenvalue weighted by molar-refractivity contribution is -0.151. The van der Waals surface area contributed by atoms with Crippen LogP contribution in [0.4, 0.5) is 0 Å². The van der Waals surface area contributed by atoms with E-state index in [4.69, 9.17) is 4.74 Å². The number of nitrogens with zero attached hydrogens (tertiary/aromatic N) is 1. The van der Waals surface area contributed by atoms with Crippen molar-refractivity contribution in [3.63, 3.8) is 0 Å². The first-order valence-electron chi connectivity index (χ1n) is 9.23. The topological polar surface area (TPSA) is 113 Å². The van der Waals surface area contributed by atoms with Crippen molar-refractivity contribution in [3.05, 3.63) is 47.2 Å². The van der Waals surface area contributed by atoms with Gasteiger partial charge in [-0.2, -0.15) is 0 Å². The van der Waals surface area contributed by atoms with Crippen LogP contribution in [0.5, 0.6) is 0 Å². The molecule has 3 rings (SSSR count). The lowest BCUT2D eigenvalue weighted by Gasteiger charge is -2.49. The molecule has 2 aliphatic heterocycles. The number of β-lactam (4-membered cyclic amide) rings is 1. The van der Waals surface area contributed by atoms with Gasteiger partial charge in [0.05, 0.1) is 5.92 Å². The van der Waals surface area contributed by atoms with Crippen LogP contribution in [0.2, 0.25) is 0 Å². The molecule has 1 saturated heterocycles. The normalized spacial score (nSPS) is 21.7. The number of fused-ring (bicyclic) bond motifs is 1. The molecule has 154 valence electrons. The van der Waals surface area contributed by atoms with Gasteiger partial charge < -0.3 is 15.2 Å². The van der Waals surface area contributed by atoms with Crippen molar-refractivity contribution in [2.24, 2.45) is 0 Å². The summed E-state index contributed by atoms with van der Waals surface area (Å²) in [5.41, 5.74) is 1.06. The van der Waals surface area contributed by atoms with Gasteiger partial charge in [-0.3, -0.25) is 19.3 Å². The number of nitrogens with one attached hydrogen (secondary N) is 1. The number of carbonyl (C=O) groups excluding carboxylic acids is 3. The van der Waals surface area contributed by atoms with Crippen LogP contribution < -0.4 is 5.32 Å². The minimum Gasteiger partial charge on any atom is -0.477 e. The maximum absolute atomic E-state index is 12.8. The zero-order chi connectivity index (χ0) is 21.1. The van der Waals surface area contributed by atoms with E-state index < -0.39 is 29.3 Å².